The van der Waals surface area contributed by atoms with Gasteiger partial charge in [-0.25, -0.2) is 0 Å². The Balaban J connectivity index is 3.15. The molecule has 1 unspecified atom stereocenters. The predicted octanol–water partition coefficient (Wildman–Crippen LogP) is -0.185. The monoisotopic (exact) mass is 222 g/mol. The van der Waals surface area contributed by atoms with Crippen molar-refractivity contribution < 1.29 is 16.6 Å². The van der Waals surface area contributed by atoms with Gasteiger partial charge in [-0.05, 0) is 0 Å². The summed E-state index contributed by atoms with van der Waals surface area (Å²) in [6.07, 6.45) is 0. The first kappa shape index (κ1) is 8.49. The summed E-state index contributed by atoms with van der Waals surface area (Å²) >= 11 is -3.48. The zero-order chi connectivity index (χ0) is 8.43. The minimum atomic E-state index is -3.48. The van der Waals surface area contributed by atoms with Crippen LogP contribution >= 0.6 is 0 Å². The van der Waals surface area contributed by atoms with E-state index in [2.05, 4.69) is 0 Å². The van der Waals surface area contributed by atoms with Gasteiger partial charge in [0.1, 0.15) is 0 Å². The Hall–Kier alpha value is -0.602. The molecular formula is C6H5AsF2O2. The zero-order valence-electron chi connectivity index (χ0n) is 5.34. The second-order valence-electron chi connectivity index (χ2n) is 1.93. The number of hydrogen-bond donors (Lipinski definition) is 1. The second-order valence-corrected chi connectivity index (χ2v) is 4.43. The molecule has 2 nitrogen and oxygen atoms in total. The van der Waals surface area contributed by atoms with Gasteiger partial charge in [0.2, 0.25) is 0 Å². The van der Waals surface area contributed by atoms with Crippen LogP contribution in [0.25, 0.3) is 0 Å². The molecule has 0 aliphatic heterocycles. The van der Waals surface area contributed by atoms with Crippen molar-refractivity contribution in [2.24, 2.45) is 0 Å². The number of hydrogen-bond acceptors (Lipinski definition) is 1. The molecule has 0 spiro atoms. The van der Waals surface area contributed by atoms with Gasteiger partial charge >= 0.3 is 65.7 Å². The van der Waals surface area contributed by atoms with Crippen LogP contribution in [-0.4, -0.2) is 19.0 Å². The molecule has 1 N–H and O–H groups in total. The fourth-order valence-electron chi connectivity index (χ4n) is 0.629. The molecule has 0 aliphatic rings. The Bertz CT molecular complexity index is 301. The van der Waals surface area contributed by atoms with E-state index in [1.54, 1.807) is 0 Å². The van der Waals surface area contributed by atoms with E-state index in [-0.39, 0.29) is 4.35 Å². The quantitative estimate of drug-likeness (QED) is 0.669. The average molecular weight is 222 g/mol. The van der Waals surface area contributed by atoms with Crippen LogP contribution in [0, 0.1) is 11.6 Å². The molecule has 0 saturated heterocycles. The first-order valence-electron chi connectivity index (χ1n) is 2.79. The Morgan fingerprint density at radius 1 is 1.27 bits per heavy atom. The van der Waals surface area contributed by atoms with Crippen molar-refractivity contribution in [1.29, 1.82) is 0 Å². The van der Waals surface area contributed by atoms with Crippen molar-refractivity contribution in [3.63, 3.8) is 0 Å². The van der Waals surface area contributed by atoms with Crippen molar-refractivity contribution in [1.82, 2.24) is 0 Å². The van der Waals surface area contributed by atoms with Crippen molar-refractivity contribution in [2.45, 2.75) is 0 Å². The van der Waals surface area contributed by atoms with Crippen molar-refractivity contribution in [2.75, 3.05) is 0 Å². The van der Waals surface area contributed by atoms with Gasteiger partial charge in [0.15, 0.2) is 0 Å². The van der Waals surface area contributed by atoms with Crippen LogP contribution in [0.3, 0.4) is 0 Å². The maximum atomic E-state index is 12.3. The SMILES string of the molecule is O=[AsH](O)c1ccc(F)c(F)c1. The summed E-state index contributed by atoms with van der Waals surface area (Å²) in [5.74, 6) is -2.09. The molecule has 0 bridgehead atoms. The van der Waals surface area contributed by atoms with E-state index in [0.717, 1.165) is 18.2 Å². The van der Waals surface area contributed by atoms with Gasteiger partial charge in [0.25, 0.3) is 0 Å². The van der Waals surface area contributed by atoms with Crippen LogP contribution in [-0.2, 0) is 3.74 Å². The van der Waals surface area contributed by atoms with Gasteiger partial charge in [-0.15, -0.1) is 0 Å². The van der Waals surface area contributed by atoms with Crippen LogP contribution in [0.2, 0.25) is 0 Å². The fourth-order valence-corrected chi connectivity index (χ4v) is 1.63. The Morgan fingerprint density at radius 3 is 2.36 bits per heavy atom. The van der Waals surface area contributed by atoms with Crippen molar-refractivity contribution in [3.05, 3.63) is 29.8 Å². The summed E-state index contributed by atoms with van der Waals surface area (Å²) in [6, 6.07) is 2.70. The molecule has 11 heavy (non-hydrogen) atoms. The summed E-state index contributed by atoms with van der Waals surface area (Å²) in [4.78, 5) is 0. The molecule has 0 aliphatic carbocycles. The summed E-state index contributed by atoms with van der Waals surface area (Å²) < 4.78 is 43.5. The van der Waals surface area contributed by atoms with Crippen LogP contribution < -0.4 is 4.35 Å². The third-order valence-electron chi connectivity index (χ3n) is 1.17. The van der Waals surface area contributed by atoms with E-state index in [1.807, 2.05) is 0 Å². The molecule has 1 aromatic rings. The Labute approximate surface area is 66.3 Å². The number of halogens is 2. The number of benzene rings is 1. The summed E-state index contributed by atoms with van der Waals surface area (Å²) in [7, 11) is 0. The first-order valence-corrected chi connectivity index (χ1v) is 5.64. The molecule has 0 amide bonds. The van der Waals surface area contributed by atoms with E-state index in [0.29, 0.717) is 0 Å². The molecular weight excluding hydrogens is 217 g/mol. The third-order valence-corrected chi connectivity index (χ3v) is 2.86. The topological polar surface area (TPSA) is 37.3 Å². The van der Waals surface area contributed by atoms with Crippen LogP contribution in [0.15, 0.2) is 18.2 Å². The van der Waals surface area contributed by atoms with E-state index < -0.39 is 26.6 Å². The van der Waals surface area contributed by atoms with Gasteiger partial charge in [-0.1, -0.05) is 0 Å². The summed E-state index contributed by atoms with van der Waals surface area (Å²) in [5.41, 5.74) is 0. The molecule has 0 heterocycles. The maximum absolute atomic E-state index is 12.3. The Morgan fingerprint density at radius 2 is 1.91 bits per heavy atom. The van der Waals surface area contributed by atoms with Gasteiger partial charge in [-0.2, -0.15) is 0 Å². The van der Waals surface area contributed by atoms with E-state index in [4.69, 9.17) is 4.10 Å². The molecule has 1 aromatic carbocycles. The van der Waals surface area contributed by atoms with Gasteiger partial charge in [0.05, 0.1) is 0 Å². The van der Waals surface area contributed by atoms with E-state index in [9.17, 15) is 12.5 Å². The normalized spacial score (nSPS) is 13.0. The first-order chi connectivity index (χ1) is 5.11. The molecule has 0 aromatic heterocycles. The van der Waals surface area contributed by atoms with Gasteiger partial charge < -0.3 is 0 Å². The van der Waals surface area contributed by atoms with Crippen LogP contribution in [0.1, 0.15) is 0 Å². The van der Waals surface area contributed by atoms with Gasteiger partial charge in [0, 0.05) is 0 Å². The minimum absolute atomic E-state index is 0.0103. The molecule has 5 heteroatoms. The standard InChI is InChI=1S/C6H5AsF2O2/c8-5-2-1-4(7(10)11)3-6(5)9/h1-3,7H,(H,10,11). The zero-order valence-corrected chi connectivity index (χ0v) is 7.44. The molecule has 0 fully saturated rings. The fraction of sp³-hybridized carbons (Fsp3) is 0. The second kappa shape index (κ2) is 3.20. The van der Waals surface area contributed by atoms with E-state index >= 15 is 0 Å². The molecule has 0 saturated carbocycles. The number of rotatable bonds is 1. The predicted molar refractivity (Wildman–Crippen MR) is 36.0 cm³/mol. The molecule has 60 valence electrons. The Kier molecular flexibility index (Phi) is 2.47. The molecule has 1 rings (SSSR count). The summed E-state index contributed by atoms with van der Waals surface area (Å²) in [6.45, 7) is 0. The molecule has 0 radical (unpaired) electrons. The summed E-state index contributed by atoms with van der Waals surface area (Å²) in [5, 5.41) is 0. The van der Waals surface area contributed by atoms with Gasteiger partial charge in [-0.3, -0.25) is 0 Å². The van der Waals surface area contributed by atoms with Crippen LogP contribution in [0.4, 0.5) is 8.78 Å². The van der Waals surface area contributed by atoms with Crippen molar-refractivity contribution in [3.8, 4) is 0 Å². The van der Waals surface area contributed by atoms with Crippen LogP contribution in [0.5, 0.6) is 0 Å². The third kappa shape index (κ3) is 1.91. The molecule has 1 atom stereocenters. The average Bonchev–Trinajstić information content (AvgIpc) is 1.94. The van der Waals surface area contributed by atoms with Crippen molar-refractivity contribution >= 4 is 19.3 Å². The van der Waals surface area contributed by atoms with E-state index in [1.165, 1.54) is 0 Å².